The fraction of sp³-hybridized carbons (Fsp3) is 0.294. The zero-order chi connectivity index (χ0) is 18.0. The van der Waals surface area contributed by atoms with Crippen molar-refractivity contribution in [1.29, 1.82) is 0 Å². The van der Waals surface area contributed by atoms with E-state index in [9.17, 15) is 4.57 Å². The molecule has 8 heteroatoms. The van der Waals surface area contributed by atoms with Crippen molar-refractivity contribution in [3.05, 3.63) is 62.5 Å². The first-order valence-electron chi connectivity index (χ1n) is 7.76. The Morgan fingerprint density at radius 3 is 2.44 bits per heavy atom. The molecule has 0 amide bonds. The van der Waals surface area contributed by atoms with E-state index in [1.807, 2.05) is 31.2 Å². The van der Waals surface area contributed by atoms with Crippen molar-refractivity contribution in [2.45, 2.75) is 25.2 Å². The Kier molecular flexibility index (Phi) is 6.15. The molecule has 0 bridgehead atoms. The second kappa shape index (κ2) is 7.99. The van der Waals surface area contributed by atoms with Crippen molar-refractivity contribution >= 4 is 52.4 Å². The van der Waals surface area contributed by atoms with Gasteiger partial charge in [-0.25, -0.2) is 0 Å². The minimum absolute atomic E-state index is 0.137. The Hall–Kier alpha value is -0.550. The van der Waals surface area contributed by atoms with E-state index in [2.05, 4.69) is 21.2 Å². The Morgan fingerprint density at radius 1 is 1.20 bits per heavy atom. The van der Waals surface area contributed by atoms with E-state index in [-0.39, 0.29) is 6.10 Å². The van der Waals surface area contributed by atoms with Crippen molar-refractivity contribution < 1.29 is 13.6 Å². The van der Waals surface area contributed by atoms with E-state index in [0.717, 1.165) is 10.0 Å². The smallest absolute Gasteiger partial charge is 0.357 e. The largest absolute Gasteiger partial charge is 0.368 e. The molecule has 0 aromatic heterocycles. The number of halogens is 3. The number of hydrogen-bond acceptors (Lipinski definition) is 4. The van der Waals surface area contributed by atoms with Gasteiger partial charge in [-0.3, -0.25) is 4.57 Å². The molecule has 25 heavy (non-hydrogen) atoms. The average molecular weight is 465 g/mol. The molecule has 0 aliphatic carbocycles. The van der Waals surface area contributed by atoms with Crippen LogP contribution in [-0.4, -0.2) is 12.7 Å². The molecule has 1 aliphatic heterocycles. The van der Waals surface area contributed by atoms with Crippen molar-refractivity contribution in [1.82, 2.24) is 0 Å². The second-order valence-corrected chi connectivity index (χ2v) is 9.69. The third-order valence-electron chi connectivity index (χ3n) is 3.79. The lowest BCUT2D eigenvalue weighted by Crippen LogP contribution is -2.23. The molecule has 2 aromatic rings. The minimum Gasteiger partial charge on any atom is -0.368 e. The predicted octanol–water partition coefficient (Wildman–Crippen LogP) is 6.89. The summed E-state index contributed by atoms with van der Waals surface area (Å²) in [5.74, 6) is -0.669. The normalized spacial score (nSPS) is 24.7. The van der Waals surface area contributed by atoms with Gasteiger partial charge in [0.15, 0.2) is 5.78 Å². The standard InChI is InChI=1S/C17H17BrCl2NO3P/c1-11-6-7-23-25(22,24-11)17(12-2-4-13(18)5-3-12)21-16-9-14(19)8-15(20)10-16/h2-5,8-11,17,21H,6-7H2,1H3/t11-,17+,25-/m0/s1. The van der Waals surface area contributed by atoms with Gasteiger partial charge in [0.25, 0.3) is 0 Å². The maximum absolute atomic E-state index is 13.4. The number of hydrogen-bond donors (Lipinski definition) is 1. The number of rotatable bonds is 4. The maximum atomic E-state index is 13.4. The molecular weight excluding hydrogens is 448 g/mol. The van der Waals surface area contributed by atoms with Crippen LogP contribution >= 0.6 is 46.7 Å². The van der Waals surface area contributed by atoms with Gasteiger partial charge in [0.2, 0.25) is 0 Å². The molecule has 3 rings (SSSR count). The number of anilines is 1. The van der Waals surface area contributed by atoms with Gasteiger partial charge >= 0.3 is 7.60 Å². The van der Waals surface area contributed by atoms with Crippen LogP contribution in [0.25, 0.3) is 0 Å². The Balaban J connectivity index is 1.99. The molecule has 1 aliphatic rings. The van der Waals surface area contributed by atoms with Crippen molar-refractivity contribution in [2.75, 3.05) is 11.9 Å². The summed E-state index contributed by atoms with van der Waals surface area (Å²) in [5, 5.41) is 4.21. The molecule has 1 fully saturated rings. The lowest BCUT2D eigenvalue weighted by molar-refractivity contribution is 0.0887. The highest BCUT2D eigenvalue weighted by molar-refractivity contribution is 9.10. The molecular formula is C17H17BrCl2NO3P. The second-order valence-electron chi connectivity index (χ2n) is 5.83. The molecule has 4 nitrogen and oxygen atoms in total. The van der Waals surface area contributed by atoms with Crippen molar-refractivity contribution in [2.24, 2.45) is 0 Å². The summed E-state index contributed by atoms with van der Waals surface area (Å²) in [5.41, 5.74) is 1.43. The monoisotopic (exact) mass is 463 g/mol. The SMILES string of the molecule is C[C@H]1CCO[P@@](=O)([C@@H](Nc2cc(Cl)cc(Cl)c2)c2ccc(Br)cc2)O1. The first-order valence-corrected chi connectivity index (χ1v) is 10.9. The summed E-state index contributed by atoms with van der Waals surface area (Å²) in [7, 11) is -3.43. The fourth-order valence-corrected chi connectivity index (χ4v) is 5.53. The topological polar surface area (TPSA) is 47.6 Å². The molecule has 0 unspecified atom stereocenters. The van der Waals surface area contributed by atoms with Crippen LogP contribution in [-0.2, 0) is 13.6 Å². The average Bonchev–Trinajstić information content (AvgIpc) is 2.52. The van der Waals surface area contributed by atoms with Crippen molar-refractivity contribution in [3.8, 4) is 0 Å². The summed E-state index contributed by atoms with van der Waals surface area (Å²) in [4.78, 5) is 0. The maximum Gasteiger partial charge on any atom is 0.357 e. The molecule has 1 N–H and O–H groups in total. The first-order chi connectivity index (χ1) is 11.9. The molecule has 2 aromatic carbocycles. The summed E-state index contributed by atoms with van der Waals surface area (Å²) in [6.45, 7) is 2.29. The quantitative estimate of drug-likeness (QED) is 0.500. The van der Waals surface area contributed by atoms with Crippen LogP contribution in [0.1, 0.15) is 24.7 Å². The zero-order valence-corrected chi connectivity index (χ0v) is 17.4. The van der Waals surface area contributed by atoms with Crippen LogP contribution in [0.4, 0.5) is 5.69 Å². The zero-order valence-electron chi connectivity index (χ0n) is 13.4. The van der Waals surface area contributed by atoms with Crippen LogP contribution in [0.15, 0.2) is 46.9 Å². The van der Waals surface area contributed by atoms with Gasteiger partial charge in [-0.2, -0.15) is 0 Å². The van der Waals surface area contributed by atoms with Crippen molar-refractivity contribution in [3.63, 3.8) is 0 Å². The van der Waals surface area contributed by atoms with Crippen LogP contribution in [0.3, 0.4) is 0 Å². The Bertz CT molecular complexity index is 783. The molecule has 0 spiro atoms. The fourth-order valence-electron chi connectivity index (χ4n) is 2.60. The summed E-state index contributed by atoms with van der Waals surface area (Å²) in [6, 6.07) is 12.6. The molecule has 1 heterocycles. The third-order valence-corrected chi connectivity index (χ3v) is 7.01. The van der Waals surface area contributed by atoms with Gasteiger partial charge < -0.3 is 14.4 Å². The molecule has 0 radical (unpaired) electrons. The first kappa shape index (κ1) is 19.2. The molecule has 1 saturated heterocycles. The number of benzene rings is 2. The van der Waals surface area contributed by atoms with Gasteiger partial charge in [-0.05, 0) is 49.2 Å². The third kappa shape index (κ3) is 4.79. The summed E-state index contributed by atoms with van der Waals surface area (Å²) in [6.07, 6.45) is 0.572. The van der Waals surface area contributed by atoms with E-state index in [4.69, 9.17) is 32.2 Å². The van der Waals surface area contributed by atoms with Gasteiger partial charge in [-0.1, -0.05) is 51.3 Å². The lowest BCUT2D eigenvalue weighted by atomic mass is 10.2. The summed E-state index contributed by atoms with van der Waals surface area (Å²) < 4.78 is 25.7. The van der Waals surface area contributed by atoms with Gasteiger partial charge in [0.05, 0.1) is 12.7 Å². The summed E-state index contributed by atoms with van der Waals surface area (Å²) >= 11 is 15.6. The molecule has 3 atom stereocenters. The minimum atomic E-state index is -3.43. The van der Waals surface area contributed by atoms with E-state index < -0.39 is 13.4 Å². The van der Waals surface area contributed by atoms with E-state index >= 15 is 0 Å². The molecule has 134 valence electrons. The highest BCUT2D eigenvalue weighted by atomic mass is 79.9. The highest BCUT2D eigenvalue weighted by Crippen LogP contribution is 2.63. The van der Waals surface area contributed by atoms with Crippen LogP contribution in [0, 0.1) is 0 Å². The van der Waals surface area contributed by atoms with E-state index in [1.165, 1.54) is 0 Å². The number of nitrogens with one attached hydrogen (secondary N) is 1. The Labute approximate surface area is 165 Å². The van der Waals surface area contributed by atoms with Crippen LogP contribution in [0.2, 0.25) is 10.0 Å². The highest BCUT2D eigenvalue weighted by Gasteiger charge is 2.41. The van der Waals surface area contributed by atoms with E-state index in [0.29, 0.717) is 28.8 Å². The van der Waals surface area contributed by atoms with Gasteiger partial charge in [0, 0.05) is 20.2 Å². The van der Waals surface area contributed by atoms with E-state index in [1.54, 1.807) is 18.2 Å². The molecule has 0 saturated carbocycles. The predicted molar refractivity (Wildman–Crippen MR) is 106 cm³/mol. The van der Waals surface area contributed by atoms with Crippen LogP contribution < -0.4 is 5.32 Å². The Morgan fingerprint density at radius 2 is 1.84 bits per heavy atom. The van der Waals surface area contributed by atoms with Gasteiger partial charge in [0.1, 0.15) is 0 Å². The lowest BCUT2D eigenvalue weighted by Gasteiger charge is -2.34. The van der Waals surface area contributed by atoms with Gasteiger partial charge in [-0.15, -0.1) is 0 Å². The van der Waals surface area contributed by atoms with Crippen LogP contribution in [0.5, 0.6) is 0 Å².